The second kappa shape index (κ2) is 6.42. The van der Waals surface area contributed by atoms with Crippen LogP contribution in [-0.2, 0) is 4.74 Å². The molecule has 0 saturated carbocycles. The number of halogens is 2. The largest absolute Gasteiger partial charge is 0.379 e. The van der Waals surface area contributed by atoms with Crippen molar-refractivity contribution in [3.05, 3.63) is 34.1 Å². The van der Waals surface area contributed by atoms with E-state index in [2.05, 4.69) is 20.8 Å². The number of nitrogens with zero attached hydrogens (tertiary/aromatic N) is 2. The van der Waals surface area contributed by atoms with Gasteiger partial charge in [-0.2, -0.15) is 0 Å². The van der Waals surface area contributed by atoms with Gasteiger partial charge >= 0.3 is 0 Å². The van der Waals surface area contributed by atoms with Crippen molar-refractivity contribution in [2.45, 2.75) is 12.5 Å². The first kappa shape index (κ1) is 14.9. The number of likely N-dealkylation sites (tertiary alicyclic amines) is 1. The quantitative estimate of drug-likeness (QED) is 0.813. The minimum absolute atomic E-state index is 0.0999. The van der Waals surface area contributed by atoms with Crippen molar-refractivity contribution < 1.29 is 13.9 Å². The summed E-state index contributed by atoms with van der Waals surface area (Å²) in [7, 11) is 0. The molecule has 2 heterocycles. The van der Waals surface area contributed by atoms with E-state index in [1.165, 1.54) is 6.07 Å². The number of hydrogen-bond donors (Lipinski definition) is 0. The van der Waals surface area contributed by atoms with Gasteiger partial charge in [0.1, 0.15) is 5.82 Å². The Hall–Kier alpha value is -0.980. The van der Waals surface area contributed by atoms with Gasteiger partial charge in [-0.25, -0.2) is 4.39 Å². The van der Waals surface area contributed by atoms with Crippen LogP contribution >= 0.6 is 15.9 Å². The van der Waals surface area contributed by atoms with Gasteiger partial charge in [0.05, 0.1) is 23.2 Å². The van der Waals surface area contributed by atoms with Crippen molar-refractivity contribution >= 4 is 21.8 Å². The first-order chi connectivity index (χ1) is 10.2. The second-order valence-electron chi connectivity index (χ2n) is 5.44. The molecule has 3 rings (SSSR count). The van der Waals surface area contributed by atoms with Gasteiger partial charge in [-0.05, 0) is 34.5 Å². The average molecular weight is 357 g/mol. The highest BCUT2D eigenvalue weighted by atomic mass is 79.9. The van der Waals surface area contributed by atoms with Crippen molar-refractivity contribution in [3.63, 3.8) is 0 Å². The van der Waals surface area contributed by atoms with Gasteiger partial charge in [-0.3, -0.25) is 9.69 Å². The molecule has 114 valence electrons. The van der Waals surface area contributed by atoms with Gasteiger partial charge in [0, 0.05) is 32.2 Å². The summed E-state index contributed by atoms with van der Waals surface area (Å²) in [6.45, 7) is 4.82. The minimum atomic E-state index is -0.398. The van der Waals surface area contributed by atoms with Crippen LogP contribution in [0.2, 0.25) is 0 Å². The van der Waals surface area contributed by atoms with Crippen LogP contribution in [0, 0.1) is 5.82 Å². The summed E-state index contributed by atoms with van der Waals surface area (Å²) in [6, 6.07) is 4.98. The van der Waals surface area contributed by atoms with Crippen LogP contribution < -0.4 is 0 Å². The van der Waals surface area contributed by atoms with Crippen molar-refractivity contribution in [2.24, 2.45) is 0 Å². The van der Waals surface area contributed by atoms with Crippen LogP contribution in [-0.4, -0.2) is 61.1 Å². The van der Waals surface area contributed by atoms with Gasteiger partial charge in [0.25, 0.3) is 5.91 Å². The molecule has 2 aliphatic rings. The van der Waals surface area contributed by atoms with Crippen LogP contribution in [0.3, 0.4) is 0 Å². The zero-order chi connectivity index (χ0) is 14.8. The predicted molar refractivity (Wildman–Crippen MR) is 80.8 cm³/mol. The number of carbonyl (C=O) groups excluding carboxylic acids is 1. The van der Waals surface area contributed by atoms with E-state index in [9.17, 15) is 9.18 Å². The fourth-order valence-electron chi connectivity index (χ4n) is 3.01. The number of hydrogen-bond acceptors (Lipinski definition) is 3. The summed E-state index contributed by atoms with van der Waals surface area (Å²) >= 11 is 3.17. The summed E-state index contributed by atoms with van der Waals surface area (Å²) in [5.41, 5.74) is 0.401. The van der Waals surface area contributed by atoms with E-state index >= 15 is 0 Å². The molecule has 1 amide bonds. The Kier molecular flexibility index (Phi) is 4.57. The lowest BCUT2D eigenvalue weighted by Gasteiger charge is -2.32. The molecule has 1 aromatic rings. The molecule has 1 unspecified atom stereocenters. The Morgan fingerprint density at radius 3 is 2.81 bits per heavy atom. The van der Waals surface area contributed by atoms with E-state index in [0.717, 1.165) is 39.3 Å². The van der Waals surface area contributed by atoms with E-state index in [1.807, 2.05) is 4.90 Å². The lowest BCUT2D eigenvalue weighted by molar-refractivity contribution is 0.0185. The lowest BCUT2D eigenvalue weighted by Crippen LogP contribution is -2.45. The summed E-state index contributed by atoms with van der Waals surface area (Å²) < 4.78 is 19.2. The highest BCUT2D eigenvalue weighted by molar-refractivity contribution is 9.10. The van der Waals surface area contributed by atoms with Gasteiger partial charge in [0.2, 0.25) is 0 Å². The maximum absolute atomic E-state index is 13.6. The highest BCUT2D eigenvalue weighted by Crippen LogP contribution is 2.25. The Labute approximate surface area is 132 Å². The Balaban J connectivity index is 1.68. The standard InChI is InChI=1S/C15H18BrFN2O2/c16-14-12(2-1-3-13(14)17)15(20)19-5-4-11(10-19)18-6-8-21-9-7-18/h1-3,11H,4-10H2. The maximum atomic E-state index is 13.6. The summed E-state index contributed by atoms with van der Waals surface area (Å²) in [4.78, 5) is 16.7. The van der Waals surface area contributed by atoms with Crippen LogP contribution in [0.15, 0.2) is 22.7 Å². The third-order valence-corrected chi connectivity index (χ3v) is 5.00. The number of morpholine rings is 1. The van der Waals surface area contributed by atoms with Crippen molar-refractivity contribution in [2.75, 3.05) is 39.4 Å². The average Bonchev–Trinajstić information content (AvgIpc) is 3.00. The molecule has 21 heavy (non-hydrogen) atoms. The molecule has 0 N–H and O–H groups in total. The fraction of sp³-hybridized carbons (Fsp3) is 0.533. The van der Waals surface area contributed by atoms with E-state index < -0.39 is 5.82 Å². The topological polar surface area (TPSA) is 32.8 Å². The molecule has 6 heteroatoms. The Morgan fingerprint density at radius 1 is 1.29 bits per heavy atom. The van der Waals surface area contributed by atoms with Gasteiger partial charge in [-0.15, -0.1) is 0 Å². The van der Waals surface area contributed by atoms with Crippen LogP contribution in [0.1, 0.15) is 16.8 Å². The third-order valence-electron chi connectivity index (χ3n) is 4.19. The molecule has 0 aromatic heterocycles. The van der Waals surface area contributed by atoms with Gasteiger partial charge in [0.15, 0.2) is 0 Å². The number of ether oxygens (including phenoxy) is 1. The van der Waals surface area contributed by atoms with Crippen LogP contribution in [0.4, 0.5) is 4.39 Å². The van der Waals surface area contributed by atoms with E-state index in [4.69, 9.17) is 4.74 Å². The maximum Gasteiger partial charge on any atom is 0.255 e. The monoisotopic (exact) mass is 356 g/mol. The fourth-order valence-corrected chi connectivity index (χ4v) is 3.44. The molecule has 2 aliphatic heterocycles. The van der Waals surface area contributed by atoms with Gasteiger partial charge < -0.3 is 9.64 Å². The Morgan fingerprint density at radius 2 is 2.05 bits per heavy atom. The number of amides is 1. The number of carbonyl (C=O) groups is 1. The zero-order valence-corrected chi connectivity index (χ0v) is 13.3. The Bertz CT molecular complexity index is 534. The van der Waals surface area contributed by atoms with Crippen molar-refractivity contribution in [1.82, 2.24) is 9.80 Å². The van der Waals surface area contributed by atoms with Crippen LogP contribution in [0.25, 0.3) is 0 Å². The van der Waals surface area contributed by atoms with Crippen molar-refractivity contribution in [1.29, 1.82) is 0 Å². The first-order valence-corrected chi connectivity index (χ1v) is 8.01. The SMILES string of the molecule is O=C(c1cccc(F)c1Br)N1CCC(N2CCOCC2)C1. The van der Waals surface area contributed by atoms with E-state index in [1.54, 1.807) is 12.1 Å². The molecule has 4 nitrogen and oxygen atoms in total. The number of benzene rings is 1. The normalized spacial score (nSPS) is 23.5. The molecule has 0 spiro atoms. The molecule has 0 aliphatic carbocycles. The van der Waals surface area contributed by atoms with E-state index in [-0.39, 0.29) is 10.4 Å². The van der Waals surface area contributed by atoms with Gasteiger partial charge in [-0.1, -0.05) is 6.07 Å². The summed E-state index contributed by atoms with van der Waals surface area (Å²) in [5.74, 6) is -0.498. The summed E-state index contributed by atoms with van der Waals surface area (Å²) in [5, 5.41) is 0. The summed E-state index contributed by atoms with van der Waals surface area (Å²) in [6.07, 6.45) is 0.971. The smallest absolute Gasteiger partial charge is 0.255 e. The third kappa shape index (κ3) is 3.12. The molecule has 2 saturated heterocycles. The molecular formula is C15H18BrFN2O2. The molecule has 0 radical (unpaired) electrons. The number of rotatable bonds is 2. The highest BCUT2D eigenvalue weighted by Gasteiger charge is 2.32. The molecule has 0 bridgehead atoms. The lowest BCUT2D eigenvalue weighted by atomic mass is 10.2. The molecule has 2 fully saturated rings. The first-order valence-electron chi connectivity index (χ1n) is 7.22. The van der Waals surface area contributed by atoms with E-state index in [0.29, 0.717) is 18.2 Å². The molecular weight excluding hydrogens is 339 g/mol. The zero-order valence-electron chi connectivity index (χ0n) is 11.7. The molecule has 1 atom stereocenters. The van der Waals surface area contributed by atoms with Crippen LogP contribution in [0.5, 0.6) is 0 Å². The molecule has 1 aromatic carbocycles. The van der Waals surface area contributed by atoms with Crippen molar-refractivity contribution in [3.8, 4) is 0 Å². The predicted octanol–water partition coefficient (Wildman–Crippen LogP) is 2.13. The second-order valence-corrected chi connectivity index (χ2v) is 6.24. The minimum Gasteiger partial charge on any atom is -0.379 e.